The number of benzene rings is 1. The molecule has 0 N–H and O–H groups in total. The van der Waals surface area contributed by atoms with Crippen LogP contribution in [0, 0.1) is 10.8 Å². The molecule has 0 saturated heterocycles. The Hall–Kier alpha value is -2.96. The summed E-state index contributed by atoms with van der Waals surface area (Å²) >= 11 is 0. The molecule has 2 aromatic heterocycles. The highest BCUT2D eigenvalue weighted by atomic mass is 19.1. The molecule has 0 radical (unpaired) electrons. The largest absolute Gasteiger partial charge is 0.448 e. The van der Waals surface area contributed by atoms with E-state index in [9.17, 15) is 9.18 Å². The van der Waals surface area contributed by atoms with E-state index >= 15 is 0 Å². The molecule has 0 atom stereocenters. The highest BCUT2D eigenvalue weighted by Gasteiger charge is 2.69. The molecule has 3 aromatic rings. The lowest BCUT2D eigenvalue weighted by Crippen LogP contribution is -2.65. The first-order valence-electron chi connectivity index (χ1n) is 15.8. The first kappa shape index (κ1) is 24.6. The second-order valence-electron chi connectivity index (χ2n) is 14.9. The molecule has 4 bridgehead atoms. The van der Waals surface area contributed by atoms with Crippen LogP contribution in [0.5, 0.6) is 0 Å². The minimum absolute atomic E-state index is 0.0521. The van der Waals surface area contributed by atoms with E-state index in [-0.39, 0.29) is 22.2 Å². The number of hydrogen-bond donors (Lipinski definition) is 0. The molecule has 7 heteroatoms. The number of amides is 1. The molecule has 0 aliphatic heterocycles. The Balaban J connectivity index is 0.979. The van der Waals surface area contributed by atoms with Gasteiger partial charge in [-0.2, -0.15) is 0 Å². The number of fused-ring (bicyclic) bond motifs is 3. The van der Waals surface area contributed by atoms with Crippen molar-refractivity contribution in [3.8, 4) is 11.3 Å². The Morgan fingerprint density at radius 1 is 0.976 bits per heavy atom. The van der Waals surface area contributed by atoms with Crippen LogP contribution in [-0.4, -0.2) is 28.1 Å². The monoisotopic (exact) mass is 555 g/mol. The lowest BCUT2D eigenvalue weighted by molar-refractivity contribution is -0.215. The molecule has 0 unspecified atom stereocenters. The van der Waals surface area contributed by atoms with Crippen LogP contribution in [0.3, 0.4) is 0 Å². The smallest absolute Gasteiger partial charge is 0.227 e. The van der Waals surface area contributed by atoms with Crippen molar-refractivity contribution in [3.63, 3.8) is 0 Å². The first-order chi connectivity index (χ1) is 19.8. The molecule has 2 heterocycles. The van der Waals surface area contributed by atoms with E-state index in [2.05, 4.69) is 17.1 Å². The fourth-order valence-electron chi connectivity index (χ4n) is 8.81. The fraction of sp³-hybridized carbons (Fsp3) is 0.618. The Kier molecular flexibility index (Phi) is 5.00. The number of anilines is 1. The zero-order chi connectivity index (χ0) is 27.5. The van der Waals surface area contributed by atoms with Crippen molar-refractivity contribution in [3.05, 3.63) is 54.2 Å². The van der Waals surface area contributed by atoms with Crippen LogP contribution < -0.4 is 4.90 Å². The second kappa shape index (κ2) is 8.32. The van der Waals surface area contributed by atoms with Gasteiger partial charge >= 0.3 is 0 Å². The van der Waals surface area contributed by atoms with Gasteiger partial charge in [0.15, 0.2) is 17.5 Å². The van der Waals surface area contributed by atoms with Gasteiger partial charge in [-0.15, -0.1) is 0 Å². The van der Waals surface area contributed by atoms with E-state index in [1.54, 1.807) is 0 Å². The quantitative estimate of drug-likeness (QED) is 0.268. The summed E-state index contributed by atoms with van der Waals surface area (Å²) in [5.74, 6) is 3.74. The van der Waals surface area contributed by atoms with Gasteiger partial charge in [0.05, 0.1) is 11.9 Å². The third-order valence-corrected chi connectivity index (χ3v) is 11.7. The highest BCUT2D eigenvalue weighted by Crippen LogP contribution is 2.71. The molecule has 11 rings (SSSR count). The van der Waals surface area contributed by atoms with Crippen LogP contribution in [0.15, 0.2) is 45.6 Å². The topological polar surface area (TPSA) is 72.4 Å². The minimum atomic E-state index is -0.995. The van der Waals surface area contributed by atoms with E-state index in [0.717, 1.165) is 85.9 Å². The summed E-state index contributed by atoms with van der Waals surface area (Å²) in [7, 11) is 0. The Bertz CT molecular complexity index is 1490. The molecule has 8 fully saturated rings. The van der Waals surface area contributed by atoms with Crippen LogP contribution in [0.25, 0.3) is 11.3 Å². The van der Waals surface area contributed by atoms with Crippen molar-refractivity contribution in [2.75, 3.05) is 11.4 Å². The predicted molar refractivity (Wildman–Crippen MR) is 151 cm³/mol. The summed E-state index contributed by atoms with van der Waals surface area (Å²) in [6.45, 7) is 0.713. The molecule has 8 aliphatic carbocycles. The molecular weight excluding hydrogens is 517 g/mol. The van der Waals surface area contributed by atoms with Crippen molar-refractivity contribution in [2.24, 2.45) is 10.8 Å². The van der Waals surface area contributed by atoms with Crippen molar-refractivity contribution in [1.29, 1.82) is 0 Å². The zero-order valence-corrected chi connectivity index (χ0v) is 23.7. The number of halogens is 1. The first-order valence-corrected chi connectivity index (χ1v) is 15.8. The van der Waals surface area contributed by atoms with Crippen molar-refractivity contribution in [2.45, 2.75) is 113 Å². The third kappa shape index (κ3) is 4.04. The van der Waals surface area contributed by atoms with E-state index in [4.69, 9.17) is 13.8 Å². The molecule has 41 heavy (non-hydrogen) atoms. The number of rotatable bonds is 9. The minimum Gasteiger partial charge on any atom is -0.448 e. The van der Waals surface area contributed by atoms with Gasteiger partial charge < -0.3 is 13.7 Å². The van der Waals surface area contributed by atoms with Crippen LogP contribution in [0.1, 0.15) is 119 Å². The molecule has 214 valence electrons. The standard InChI is InChI=1S/C34H38FN3O3/c35-34-18-32(19-34,20-34)15-28(39)38(25-3-1-2-24(14-25)27-16-36-29(41-27)23-6-7-23)21-31-8-11-33(12-9-31,13-10-31)30-37-26(17-40-30)22-4-5-22/h1-3,14,16-17,22-23H,4-13,15,18-21H2. The fourth-order valence-corrected chi connectivity index (χ4v) is 8.81. The summed E-state index contributed by atoms with van der Waals surface area (Å²) in [5.41, 5.74) is 2.03. The summed E-state index contributed by atoms with van der Waals surface area (Å²) in [5, 5.41) is 0. The average Bonchev–Trinajstić information content (AvgIpc) is 3.90. The maximum absolute atomic E-state index is 14.4. The lowest BCUT2D eigenvalue weighted by atomic mass is 9.41. The predicted octanol–water partition coefficient (Wildman–Crippen LogP) is 7.99. The third-order valence-electron chi connectivity index (χ3n) is 11.7. The van der Waals surface area contributed by atoms with Crippen LogP contribution in [-0.2, 0) is 10.2 Å². The lowest BCUT2D eigenvalue weighted by Gasteiger charge is -2.66. The van der Waals surface area contributed by atoms with E-state index in [1.807, 2.05) is 29.5 Å². The highest BCUT2D eigenvalue weighted by molar-refractivity contribution is 5.95. The number of alkyl halides is 1. The van der Waals surface area contributed by atoms with Gasteiger partial charge in [-0.3, -0.25) is 4.79 Å². The number of hydrogen-bond acceptors (Lipinski definition) is 5. The van der Waals surface area contributed by atoms with Gasteiger partial charge in [0.25, 0.3) is 0 Å². The maximum Gasteiger partial charge on any atom is 0.227 e. The van der Waals surface area contributed by atoms with Crippen LogP contribution in [0.2, 0.25) is 0 Å². The van der Waals surface area contributed by atoms with Gasteiger partial charge in [-0.25, -0.2) is 14.4 Å². The normalized spacial score (nSPS) is 35.1. The molecule has 8 aliphatic rings. The van der Waals surface area contributed by atoms with Gasteiger partial charge in [-0.1, -0.05) is 12.1 Å². The second-order valence-corrected chi connectivity index (χ2v) is 14.9. The molecule has 1 amide bonds. The molecule has 8 saturated carbocycles. The van der Waals surface area contributed by atoms with Gasteiger partial charge in [-0.05, 0) is 106 Å². The summed E-state index contributed by atoms with van der Waals surface area (Å²) < 4.78 is 26.6. The van der Waals surface area contributed by atoms with Gasteiger partial charge in [0.2, 0.25) is 5.91 Å². The van der Waals surface area contributed by atoms with Crippen LogP contribution >= 0.6 is 0 Å². The number of carbonyl (C=O) groups is 1. The zero-order valence-electron chi connectivity index (χ0n) is 23.7. The summed E-state index contributed by atoms with van der Waals surface area (Å²) in [6.07, 6.45) is 17.0. The Morgan fingerprint density at radius 2 is 1.71 bits per heavy atom. The number of aromatic nitrogens is 2. The van der Waals surface area contributed by atoms with Crippen molar-refractivity contribution < 1.29 is 18.0 Å². The van der Waals surface area contributed by atoms with E-state index < -0.39 is 5.67 Å². The summed E-state index contributed by atoms with van der Waals surface area (Å²) in [6, 6.07) is 8.20. The number of carbonyl (C=O) groups excluding carboxylic acids is 1. The van der Waals surface area contributed by atoms with Gasteiger partial charge in [0, 0.05) is 41.5 Å². The SMILES string of the molecule is O=C(CC12CC(F)(C1)C2)N(CC12CCC(c3nc(C4CC4)co3)(CC1)CC2)c1cccc(-c2cnc(C3CC3)o2)c1. The van der Waals surface area contributed by atoms with Crippen LogP contribution in [0.4, 0.5) is 10.1 Å². The Labute approximate surface area is 240 Å². The van der Waals surface area contributed by atoms with Crippen molar-refractivity contribution >= 4 is 11.6 Å². The Morgan fingerprint density at radius 3 is 2.39 bits per heavy atom. The maximum atomic E-state index is 14.4. The molecular formula is C34H38FN3O3. The van der Waals surface area contributed by atoms with E-state index in [1.165, 1.54) is 12.8 Å². The average molecular weight is 556 g/mol. The molecule has 0 spiro atoms. The number of nitrogens with zero attached hydrogens (tertiary/aromatic N) is 3. The molecule has 1 aromatic carbocycles. The van der Waals surface area contributed by atoms with Crippen molar-refractivity contribution in [1.82, 2.24) is 9.97 Å². The van der Waals surface area contributed by atoms with Gasteiger partial charge in [0.1, 0.15) is 11.9 Å². The summed E-state index contributed by atoms with van der Waals surface area (Å²) in [4.78, 5) is 25.6. The number of oxazole rings is 2. The molecule has 6 nitrogen and oxygen atoms in total. The van der Waals surface area contributed by atoms with E-state index in [0.29, 0.717) is 44.1 Å².